The van der Waals surface area contributed by atoms with Gasteiger partial charge in [-0.05, 0) is 110 Å². The molecule has 7 aromatic carbocycles. The third-order valence-corrected chi connectivity index (χ3v) is 14.6. The van der Waals surface area contributed by atoms with Crippen LogP contribution in [0.2, 0.25) is 0 Å². The topological polar surface area (TPSA) is 220 Å². The first kappa shape index (κ1) is 53.3. The molecule has 2 atom stereocenters. The molecule has 0 radical (unpaired) electrons. The number of benzene rings is 7. The van der Waals surface area contributed by atoms with Crippen molar-refractivity contribution < 1.29 is 19.2 Å². The Kier molecular flexibility index (Phi) is 17.3. The molecule has 374 valence electrons. The van der Waals surface area contributed by atoms with Crippen molar-refractivity contribution in [3.8, 4) is 0 Å². The number of carbonyl (C=O) groups is 4. The Hall–Kier alpha value is -6.52. The first-order valence-electron chi connectivity index (χ1n) is 24.1. The van der Waals surface area contributed by atoms with Gasteiger partial charge in [-0.25, -0.2) is 0 Å². The minimum atomic E-state index is -0.856. The first-order chi connectivity index (χ1) is 34.3. The number of carbonyl (C=O) groups excluding carboxylic acids is 4. The van der Waals surface area contributed by atoms with Gasteiger partial charge in [-0.2, -0.15) is 0 Å². The average Bonchev–Trinajstić information content (AvgIpc) is 3.35. The minimum absolute atomic E-state index is 0.233. The monoisotopic (exact) mass is 1000 g/mol. The number of nitrogens with one attached hydrogen (secondary N) is 4. The van der Waals surface area contributed by atoms with E-state index in [0.29, 0.717) is 70.0 Å². The van der Waals surface area contributed by atoms with Crippen LogP contribution >= 0.6 is 23.5 Å². The highest BCUT2D eigenvalue weighted by Gasteiger charge is 2.26. The van der Waals surface area contributed by atoms with Crippen LogP contribution in [0.1, 0.15) is 84.5 Å². The third kappa shape index (κ3) is 13.5. The van der Waals surface area contributed by atoms with Gasteiger partial charge in [-0.3, -0.25) is 19.2 Å². The fourth-order valence-electron chi connectivity index (χ4n) is 8.19. The highest BCUT2D eigenvalue weighted by atomic mass is 32.2. The van der Waals surface area contributed by atoms with E-state index in [0.717, 1.165) is 43.8 Å². The van der Waals surface area contributed by atoms with Crippen LogP contribution in [0, 0.1) is 0 Å². The quantitative estimate of drug-likeness (QED) is 0.0380. The summed E-state index contributed by atoms with van der Waals surface area (Å²) in [5.74, 6) is -0.653. The summed E-state index contributed by atoms with van der Waals surface area (Å²) in [5, 5.41) is 16.7. The maximum absolute atomic E-state index is 14.3. The first-order valence-corrected chi connectivity index (χ1v) is 26.1. The molecule has 0 saturated heterocycles. The summed E-state index contributed by atoms with van der Waals surface area (Å²) < 4.78 is 0. The van der Waals surface area contributed by atoms with Gasteiger partial charge in [-0.1, -0.05) is 133 Å². The lowest BCUT2D eigenvalue weighted by atomic mass is 9.86. The number of anilines is 4. The van der Waals surface area contributed by atoms with E-state index in [1.54, 1.807) is 18.2 Å². The Morgan fingerprint density at radius 1 is 0.458 bits per heavy atom. The smallest absolute Gasteiger partial charge is 0.255 e. The Morgan fingerprint density at radius 2 is 0.819 bits per heavy atom. The van der Waals surface area contributed by atoms with Crippen LogP contribution in [0.4, 0.5) is 22.7 Å². The van der Waals surface area contributed by atoms with E-state index in [1.807, 2.05) is 109 Å². The highest BCUT2D eigenvalue weighted by molar-refractivity contribution is 7.99. The fraction of sp³-hybridized carbons (Fsp3) is 0.276. The van der Waals surface area contributed by atoms with E-state index in [4.69, 9.17) is 22.9 Å². The largest absolute Gasteiger partial charge is 0.330 e. The molecule has 7 rings (SSSR count). The number of nitrogens with two attached hydrogens (primary N) is 4. The van der Waals surface area contributed by atoms with E-state index in [2.05, 4.69) is 62.8 Å². The molecular weight excluding hydrogens is 937 g/mol. The molecule has 0 aliphatic rings. The Bertz CT molecular complexity index is 2920. The van der Waals surface area contributed by atoms with E-state index in [9.17, 15) is 19.2 Å². The van der Waals surface area contributed by atoms with Crippen LogP contribution in [0.3, 0.4) is 0 Å². The molecule has 4 amide bonds. The van der Waals surface area contributed by atoms with Crippen molar-refractivity contribution in [1.82, 2.24) is 0 Å². The molecule has 0 saturated carbocycles. The summed E-state index contributed by atoms with van der Waals surface area (Å²) in [7, 11) is 0. The Balaban J connectivity index is 1.13. The Labute approximate surface area is 431 Å². The summed E-state index contributed by atoms with van der Waals surface area (Å²) in [6.45, 7) is 13.0. The number of hydrogen-bond acceptors (Lipinski definition) is 10. The number of amides is 4. The van der Waals surface area contributed by atoms with Crippen molar-refractivity contribution >= 4 is 91.4 Å². The predicted molar refractivity (Wildman–Crippen MR) is 301 cm³/mol. The summed E-state index contributed by atoms with van der Waals surface area (Å²) in [6, 6.07) is 40.6. The van der Waals surface area contributed by atoms with Crippen molar-refractivity contribution in [3.63, 3.8) is 0 Å². The van der Waals surface area contributed by atoms with Gasteiger partial charge in [0, 0.05) is 35.7 Å². The number of thioether (sulfide) groups is 2. The minimum Gasteiger partial charge on any atom is -0.330 e. The molecule has 0 fully saturated rings. The maximum atomic E-state index is 14.3. The molecule has 0 aliphatic carbocycles. The predicted octanol–water partition coefficient (Wildman–Crippen LogP) is 10.2. The Morgan fingerprint density at radius 3 is 1.18 bits per heavy atom. The molecular formula is C58H66N8O4S2. The standard InChI is InChI=1S/C58H66N8O4S2/c1-57(2,3)43-31-47(51(71-24-22-59)49(33-43)65-55(69)45(61)28-35-18-20-37-12-7-9-14-39(37)26-35)63-53(67)41-16-11-17-42(30-41)54(68)64-48-32-44(58(4,5)6)34-50(52(48)72-25-23-60)66-56(70)46(62)29-36-19-21-38-13-8-10-15-40(38)27-36/h7-21,26-27,30-34,45-46H,22-25,28-29,59-62H2,1-6H3,(H,63,67)(H,64,68)(H,65,69)(H,66,70)/t45-,46-/m1/s1. The molecule has 7 aromatic rings. The van der Waals surface area contributed by atoms with Gasteiger partial charge < -0.3 is 44.2 Å². The maximum Gasteiger partial charge on any atom is 0.255 e. The molecule has 72 heavy (non-hydrogen) atoms. The lowest BCUT2D eigenvalue weighted by molar-refractivity contribution is -0.118. The summed E-state index contributed by atoms with van der Waals surface area (Å²) >= 11 is 2.82. The normalized spacial score (nSPS) is 12.6. The van der Waals surface area contributed by atoms with Crippen LogP contribution in [-0.2, 0) is 33.3 Å². The van der Waals surface area contributed by atoms with E-state index in [-0.39, 0.29) is 33.8 Å². The second-order valence-corrected chi connectivity index (χ2v) is 22.2. The summed E-state index contributed by atoms with van der Waals surface area (Å²) in [6.07, 6.45) is 0.647. The number of rotatable bonds is 18. The van der Waals surface area contributed by atoms with Gasteiger partial charge in [0.25, 0.3) is 11.8 Å². The summed E-state index contributed by atoms with van der Waals surface area (Å²) in [4.78, 5) is 57.6. The van der Waals surface area contributed by atoms with E-state index in [1.165, 1.54) is 29.6 Å². The van der Waals surface area contributed by atoms with Crippen LogP contribution in [0.5, 0.6) is 0 Å². The highest BCUT2D eigenvalue weighted by Crippen LogP contribution is 2.41. The van der Waals surface area contributed by atoms with Crippen molar-refractivity contribution in [1.29, 1.82) is 0 Å². The zero-order valence-electron chi connectivity index (χ0n) is 41.9. The van der Waals surface area contributed by atoms with Crippen molar-refractivity contribution in [2.75, 3.05) is 45.9 Å². The van der Waals surface area contributed by atoms with Crippen molar-refractivity contribution in [2.45, 2.75) is 87.1 Å². The molecule has 0 aliphatic heterocycles. The SMILES string of the molecule is CC(C)(C)c1cc(NC(=O)c2cccc(C(=O)Nc3cc(C(C)(C)C)cc(NC(=O)[C@H](N)Cc4ccc5ccccc5c4)c3SCCN)c2)c(SCCN)c(NC(=O)[C@H](N)Cc2ccc3ccccc3c2)c1. The molecule has 12 nitrogen and oxygen atoms in total. The molecule has 0 aromatic heterocycles. The van der Waals surface area contributed by atoms with Crippen LogP contribution < -0.4 is 44.2 Å². The van der Waals surface area contributed by atoms with Crippen LogP contribution in [0.25, 0.3) is 21.5 Å². The van der Waals surface area contributed by atoms with E-state index < -0.39 is 23.9 Å². The molecule has 0 bridgehead atoms. The van der Waals surface area contributed by atoms with Gasteiger partial charge in [0.2, 0.25) is 11.8 Å². The van der Waals surface area contributed by atoms with Gasteiger partial charge in [-0.15, -0.1) is 23.5 Å². The molecule has 12 N–H and O–H groups in total. The average molecular weight is 1000 g/mol. The molecule has 0 spiro atoms. The second kappa shape index (κ2) is 23.4. The fourth-order valence-corrected chi connectivity index (χ4v) is 9.90. The van der Waals surface area contributed by atoms with Gasteiger partial charge in [0.1, 0.15) is 0 Å². The molecule has 0 heterocycles. The number of fused-ring (bicyclic) bond motifs is 2. The third-order valence-electron chi connectivity index (χ3n) is 12.3. The zero-order valence-corrected chi connectivity index (χ0v) is 43.5. The van der Waals surface area contributed by atoms with Gasteiger partial charge in [0.05, 0.1) is 44.6 Å². The molecule has 14 heteroatoms. The lowest BCUT2D eigenvalue weighted by Gasteiger charge is -2.25. The van der Waals surface area contributed by atoms with E-state index >= 15 is 0 Å². The number of hydrogen-bond donors (Lipinski definition) is 8. The zero-order chi connectivity index (χ0) is 51.7. The van der Waals surface area contributed by atoms with Gasteiger partial charge in [0.15, 0.2) is 0 Å². The van der Waals surface area contributed by atoms with Crippen LogP contribution in [0.15, 0.2) is 143 Å². The summed E-state index contributed by atoms with van der Waals surface area (Å²) in [5.41, 5.74) is 30.4. The second-order valence-electron chi connectivity index (χ2n) is 20.0. The van der Waals surface area contributed by atoms with Gasteiger partial charge >= 0.3 is 0 Å². The molecule has 0 unspecified atom stereocenters. The lowest BCUT2D eigenvalue weighted by Crippen LogP contribution is -2.37. The van der Waals surface area contributed by atoms with Crippen molar-refractivity contribution in [3.05, 3.63) is 167 Å². The van der Waals surface area contributed by atoms with Crippen molar-refractivity contribution in [2.24, 2.45) is 22.9 Å². The van der Waals surface area contributed by atoms with Crippen LogP contribution in [-0.4, -0.2) is 60.3 Å².